The van der Waals surface area contributed by atoms with Crippen molar-refractivity contribution in [3.63, 3.8) is 0 Å². The number of aliphatic carboxylic acids is 1. The molecule has 0 aromatic carbocycles. The van der Waals surface area contributed by atoms with Gasteiger partial charge in [0.05, 0.1) is 5.92 Å². The van der Waals surface area contributed by atoms with Gasteiger partial charge in [0.25, 0.3) is 0 Å². The summed E-state index contributed by atoms with van der Waals surface area (Å²) in [6.45, 7) is 4.77. The Morgan fingerprint density at radius 1 is 1.38 bits per heavy atom. The fourth-order valence-electron chi connectivity index (χ4n) is 3.35. The summed E-state index contributed by atoms with van der Waals surface area (Å²) in [6, 6.07) is 0.0802. The topological polar surface area (TPSA) is 49.3 Å². The van der Waals surface area contributed by atoms with Gasteiger partial charge in [-0.1, -0.05) is 13.3 Å². The van der Waals surface area contributed by atoms with Gasteiger partial charge >= 0.3 is 5.97 Å². The van der Waals surface area contributed by atoms with Crippen molar-refractivity contribution in [2.45, 2.75) is 45.6 Å². The zero-order valence-electron chi connectivity index (χ0n) is 10.3. The highest BCUT2D eigenvalue weighted by molar-refractivity contribution is 5.70. The molecule has 0 saturated heterocycles. The van der Waals surface area contributed by atoms with E-state index in [0.29, 0.717) is 0 Å². The van der Waals surface area contributed by atoms with Gasteiger partial charge in [0.2, 0.25) is 0 Å². The standard InChI is InChI=1S/C13H23NO2/c1-8(13(15)16)9(2)14-7-12-6-10-3-4-11(12)5-10/h8-12,14H,3-7H2,1-2H3,(H,15,16). The van der Waals surface area contributed by atoms with Crippen LogP contribution in [0.2, 0.25) is 0 Å². The molecular formula is C13H23NO2. The molecule has 92 valence electrons. The molecule has 2 N–H and O–H groups in total. The number of rotatable bonds is 5. The highest BCUT2D eigenvalue weighted by Crippen LogP contribution is 2.47. The van der Waals surface area contributed by atoms with Crippen molar-refractivity contribution < 1.29 is 9.90 Å². The summed E-state index contributed by atoms with van der Waals surface area (Å²) in [5.74, 6) is 1.71. The van der Waals surface area contributed by atoms with Gasteiger partial charge in [-0.05, 0) is 50.5 Å². The number of nitrogens with one attached hydrogen (secondary N) is 1. The normalized spacial score (nSPS) is 36.2. The SMILES string of the molecule is CC(NCC1CC2CCC1C2)C(C)C(=O)O. The van der Waals surface area contributed by atoms with E-state index in [4.69, 9.17) is 5.11 Å². The van der Waals surface area contributed by atoms with Gasteiger partial charge in [-0.15, -0.1) is 0 Å². The van der Waals surface area contributed by atoms with E-state index in [9.17, 15) is 4.79 Å². The smallest absolute Gasteiger partial charge is 0.307 e. The van der Waals surface area contributed by atoms with E-state index in [2.05, 4.69) is 5.32 Å². The van der Waals surface area contributed by atoms with Crippen molar-refractivity contribution in [1.29, 1.82) is 0 Å². The Kier molecular flexibility index (Phi) is 3.53. The predicted octanol–water partition coefficient (Wildman–Crippen LogP) is 2.12. The number of carboxylic acid groups (broad SMARTS) is 1. The third-order valence-corrected chi connectivity index (χ3v) is 4.73. The molecule has 0 aromatic rings. The first-order chi connectivity index (χ1) is 7.58. The molecule has 2 saturated carbocycles. The van der Waals surface area contributed by atoms with E-state index in [1.807, 2.05) is 6.92 Å². The lowest BCUT2D eigenvalue weighted by Gasteiger charge is -2.25. The molecule has 0 aromatic heterocycles. The van der Waals surface area contributed by atoms with Gasteiger partial charge in [0.15, 0.2) is 0 Å². The molecule has 5 unspecified atom stereocenters. The van der Waals surface area contributed by atoms with Crippen molar-refractivity contribution in [1.82, 2.24) is 5.32 Å². The Balaban J connectivity index is 1.73. The maximum Gasteiger partial charge on any atom is 0.307 e. The third kappa shape index (κ3) is 2.40. The Labute approximate surface area is 97.6 Å². The van der Waals surface area contributed by atoms with E-state index in [-0.39, 0.29) is 12.0 Å². The number of hydrogen-bond donors (Lipinski definition) is 2. The summed E-state index contributed by atoms with van der Waals surface area (Å²) in [5.41, 5.74) is 0. The predicted molar refractivity (Wildman–Crippen MR) is 63.2 cm³/mol. The lowest BCUT2D eigenvalue weighted by Crippen LogP contribution is -2.39. The monoisotopic (exact) mass is 225 g/mol. The Morgan fingerprint density at radius 2 is 2.12 bits per heavy atom. The first-order valence-corrected chi connectivity index (χ1v) is 6.54. The quantitative estimate of drug-likeness (QED) is 0.753. The Morgan fingerprint density at radius 3 is 2.62 bits per heavy atom. The second-order valence-electron chi connectivity index (χ2n) is 5.76. The van der Waals surface area contributed by atoms with Gasteiger partial charge in [0.1, 0.15) is 0 Å². The van der Waals surface area contributed by atoms with Crippen LogP contribution in [-0.2, 0) is 4.79 Å². The summed E-state index contributed by atoms with van der Waals surface area (Å²) in [4.78, 5) is 10.8. The van der Waals surface area contributed by atoms with Crippen molar-refractivity contribution in [2.75, 3.05) is 6.54 Å². The van der Waals surface area contributed by atoms with E-state index in [0.717, 1.165) is 24.3 Å². The van der Waals surface area contributed by atoms with Gasteiger partial charge in [-0.25, -0.2) is 0 Å². The van der Waals surface area contributed by atoms with Crippen LogP contribution in [0.3, 0.4) is 0 Å². The molecule has 2 rings (SSSR count). The lowest BCUT2D eigenvalue weighted by atomic mass is 9.88. The Bertz CT molecular complexity index is 267. The summed E-state index contributed by atoms with van der Waals surface area (Å²) < 4.78 is 0. The maximum atomic E-state index is 10.8. The average molecular weight is 225 g/mol. The van der Waals surface area contributed by atoms with Crippen LogP contribution in [0.4, 0.5) is 0 Å². The number of carboxylic acids is 1. The molecule has 2 bridgehead atoms. The molecule has 2 aliphatic carbocycles. The Hall–Kier alpha value is -0.570. The van der Waals surface area contributed by atoms with Crippen LogP contribution in [0.25, 0.3) is 0 Å². The van der Waals surface area contributed by atoms with Crippen LogP contribution >= 0.6 is 0 Å². The van der Waals surface area contributed by atoms with E-state index < -0.39 is 5.97 Å². The second-order valence-corrected chi connectivity index (χ2v) is 5.76. The molecule has 3 nitrogen and oxygen atoms in total. The minimum absolute atomic E-state index is 0.0802. The van der Waals surface area contributed by atoms with Crippen molar-refractivity contribution >= 4 is 5.97 Å². The van der Waals surface area contributed by atoms with Crippen LogP contribution in [0.15, 0.2) is 0 Å². The summed E-state index contributed by atoms with van der Waals surface area (Å²) in [6.07, 6.45) is 5.63. The van der Waals surface area contributed by atoms with Crippen LogP contribution in [-0.4, -0.2) is 23.7 Å². The molecular weight excluding hydrogens is 202 g/mol. The molecule has 5 atom stereocenters. The largest absolute Gasteiger partial charge is 0.481 e. The highest BCUT2D eigenvalue weighted by atomic mass is 16.4. The number of carbonyl (C=O) groups is 1. The van der Waals surface area contributed by atoms with Gasteiger partial charge in [-0.3, -0.25) is 4.79 Å². The zero-order chi connectivity index (χ0) is 11.7. The van der Waals surface area contributed by atoms with Crippen molar-refractivity contribution in [3.05, 3.63) is 0 Å². The molecule has 2 aliphatic rings. The van der Waals surface area contributed by atoms with Crippen molar-refractivity contribution in [3.8, 4) is 0 Å². The van der Waals surface area contributed by atoms with Gasteiger partial charge < -0.3 is 10.4 Å². The first kappa shape index (κ1) is 11.9. The molecule has 0 amide bonds. The van der Waals surface area contributed by atoms with E-state index in [1.54, 1.807) is 6.92 Å². The highest BCUT2D eigenvalue weighted by Gasteiger charge is 2.39. The van der Waals surface area contributed by atoms with Crippen molar-refractivity contribution in [2.24, 2.45) is 23.7 Å². The number of hydrogen-bond acceptors (Lipinski definition) is 2. The molecule has 16 heavy (non-hydrogen) atoms. The molecule has 0 aliphatic heterocycles. The van der Waals surface area contributed by atoms with Crippen LogP contribution < -0.4 is 5.32 Å². The zero-order valence-corrected chi connectivity index (χ0v) is 10.3. The fraction of sp³-hybridized carbons (Fsp3) is 0.923. The number of fused-ring (bicyclic) bond motifs is 2. The molecule has 0 heterocycles. The molecule has 2 fully saturated rings. The van der Waals surface area contributed by atoms with E-state index in [1.165, 1.54) is 25.7 Å². The molecule has 0 spiro atoms. The first-order valence-electron chi connectivity index (χ1n) is 6.54. The summed E-state index contributed by atoms with van der Waals surface area (Å²) in [7, 11) is 0. The minimum Gasteiger partial charge on any atom is -0.481 e. The van der Waals surface area contributed by atoms with Gasteiger partial charge in [-0.2, -0.15) is 0 Å². The van der Waals surface area contributed by atoms with Gasteiger partial charge in [0, 0.05) is 6.04 Å². The van der Waals surface area contributed by atoms with E-state index >= 15 is 0 Å². The molecule has 0 radical (unpaired) electrons. The van der Waals surface area contributed by atoms with Crippen LogP contribution in [0.5, 0.6) is 0 Å². The maximum absolute atomic E-state index is 10.8. The van der Waals surface area contributed by atoms with Crippen LogP contribution in [0, 0.1) is 23.7 Å². The lowest BCUT2D eigenvalue weighted by molar-refractivity contribution is -0.141. The minimum atomic E-state index is -0.701. The summed E-state index contributed by atoms with van der Waals surface area (Å²) in [5, 5.41) is 12.3. The summed E-state index contributed by atoms with van der Waals surface area (Å²) >= 11 is 0. The third-order valence-electron chi connectivity index (χ3n) is 4.73. The molecule has 3 heteroatoms. The second kappa shape index (κ2) is 4.74. The fourth-order valence-corrected chi connectivity index (χ4v) is 3.35. The average Bonchev–Trinajstić information content (AvgIpc) is 2.86. The van der Waals surface area contributed by atoms with Crippen LogP contribution in [0.1, 0.15) is 39.5 Å².